The van der Waals surface area contributed by atoms with E-state index in [2.05, 4.69) is 58.5 Å². The third-order valence-corrected chi connectivity index (χ3v) is 4.51. The lowest BCUT2D eigenvalue weighted by Gasteiger charge is -2.42. The quantitative estimate of drug-likeness (QED) is 0.641. The minimum Gasteiger partial charge on any atom is -0.469 e. The average Bonchev–Trinajstić information content (AvgIpc) is 2.92. The minimum atomic E-state index is -0.129. The summed E-state index contributed by atoms with van der Waals surface area (Å²) in [4.78, 5) is 21.0. The summed E-state index contributed by atoms with van der Waals surface area (Å²) in [6, 6.07) is 0. The van der Waals surface area contributed by atoms with Gasteiger partial charge in [0.15, 0.2) is 0 Å². The second kappa shape index (κ2) is 4.92. The summed E-state index contributed by atoms with van der Waals surface area (Å²) in [7, 11) is 5.64. The second-order valence-electron chi connectivity index (χ2n) is 5.74. The Morgan fingerprint density at radius 3 is 1.95 bits per heavy atom. The molecule has 3 rings (SSSR count). The number of nitrogens with zero attached hydrogens (tertiary/aromatic N) is 4. The van der Waals surface area contributed by atoms with E-state index in [0.717, 1.165) is 6.42 Å². The molecule has 1 unspecified atom stereocenters. The molecule has 0 aromatic carbocycles. The van der Waals surface area contributed by atoms with Crippen molar-refractivity contribution in [2.24, 2.45) is 5.92 Å². The van der Waals surface area contributed by atoms with Gasteiger partial charge in [-0.05, 0) is 0 Å². The van der Waals surface area contributed by atoms with Gasteiger partial charge in [0.1, 0.15) is 12.3 Å². The molecule has 20 heavy (non-hydrogen) atoms. The summed E-state index contributed by atoms with van der Waals surface area (Å²) in [5.41, 5.74) is 0. The molecule has 0 radical (unpaired) electrons. The van der Waals surface area contributed by atoms with Crippen LogP contribution >= 0.6 is 0 Å². The zero-order chi connectivity index (χ0) is 14.3. The second-order valence-corrected chi connectivity index (χ2v) is 5.74. The first-order chi connectivity index (χ1) is 9.60. The molecular weight excluding hydrogens is 256 g/mol. The van der Waals surface area contributed by atoms with Gasteiger partial charge in [0, 0.05) is 58.4 Å². The number of hydrogen-bond donors (Lipinski definition) is 0. The fourth-order valence-electron chi connectivity index (χ4n) is 3.29. The number of fused-ring (bicyclic) bond motifs is 2. The summed E-state index contributed by atoms with van der Waals surface area (Å²) in [5, 5.41) is 0. The first kappa shape index (κ1) is 13.1. The topological polar surface area (TPSA) is 39.3 Å². The monoisotopic (exact) mass is 278 g/mol. The van der Waals surface area contributed by atoms with Crippen LogP contribution in [0.25, 0.3) is 0 Å². The number of rotatable bonds is 1. The minimum absolute atomic E-state index is 0.127. The Bertz CT molecular complexity index is 418. The van der Waals surface area contributed by atoms with Crippen molar-refractivity contribution in [1.82, 2.24) is 19.6 Å². The molecule has 3 heterocycles. The molecule has 3 aliphatic rings. The van der Waals surface area contributed by atoms with Crippen molar-refractivity contribution in [1.29, 1.82) is 0 Å². The fraction of sp³-hybridized carbons (Fsp3) is 0.643. The molecule has 3 aliphatic heterocycles. The van der Waals surface area contributed by atoms with Crippen LogP contribution in [-0.2, 0) is 9.53 Å². The van der Waals surface area contributed by atoms with Gasteiger partial charge >= 0.3 is 5.97 Å². The van der Waals surface area contributed by atoms with Crippen LogP contribution in [0.3, 0.4) is 0 Å². The highest BCUT2D eigenvalue weighted by atomic mass is 16.5. The third-order valence-electron chi connectivity index (χ3n) is 4.51. The summed E-state index contributed by atoms with van der Waals surface area (Å²) in [5.74, 6) is -0.257. The van der Waals surface area contributed by atoms with E-state index in [1.54, 1.807) is 0 Å². The summed E-state index contributed by atoms with van der Waals surface area (Å²) >= 11 is 0. The number of methoxy groups -OCH3 is 1. The molecule has 0 N–H and O–H groups in total. The lowest BCUT2D eigenvalue weighted by atomic mass is 10.0. The van der Waals surface area contributed by atoms with Crippen LogP contribution in [-0.4, -0.2) is 72.2 Å². The summed E-state index contributed by atoms with van der Waals surface area (Å²) in [6.07, 6.45) is 9.95. The van der Waals surface area contributed by atoms with E-state index < -0.39 is 0 Å². The van der Waals surface area contributed by atoms with Gasteiger partial charge in [0.05, 0.1) is 13.0 Å². The maximum Gasteiger partial charge on any atom is 0.312 e. The van der Waals surface area contributed by atoms with Gasteiger partial charge in [-0.2, -0.15) is 0 Å². The van der Waals surface area contributed by atoms with Crippen LogP contribution in [0, 0.1) is 5.92 Å². The van der Waals surface area contributed by atoms with Crippen LogP contribution in [0.2, 0.25) is 0 Å². The first-order valence-electron chi connectivity index (χ1n) is 7.00. The lowest BCUT2D eigenvalue weighted by molar-refractivity contribution is -0.147. The molecule has 0 bridgehead atoms. The highest BCUT2D eigenvalue weighted by Crippen LogP contribution is 2.29. The van der Waals surface area contributed by atoms with E-state index in [1.165, 1.54) is 7.11 Å². The predicted molar refractivity (Wildman–Crippen MR) is 74.9 cm³/mol. The fourth-order valence-corrected chi connectivity index (χ4v) is 3.29. The Morgan fingerprint density at radius 1 is 1.00 bits per heavy atom. The van der Waals surface area contributed by atoms with Gasteiger partial charge in [-0.1, -0.05) is 0 Å². The zero-order valence-electron chi connectivity index (χ0n) is 12.3. The number of hydrogen-bond acceptors (Lipinski definition) is 6. The van der Waals surface area contributed by atoms with E-state index in [4.69, 9.17) is 4.74 Å². The molecule has 6 heteroatoms. The Kier molecular flexibility index (Phi) is 3.23. The molecule has 1 saturated heterocycles. The maximum atomic E-state index is 12.0. The molecule has 0 spiro atoms. The number of carbonyl (C=O) groups excluding carboxylic acids is 1. The van der Waals surface area contributed by atoms with Crippen molar-refractivity contribution in [3.63, 3.8) is 0 Å². The van der Waals surface area contributed by atoms with Crippen molar-refractivity contribution in [2.45, 2.75) is 18.8 Å². The molecule has 0 aliphatic carbocycles. The van der Waals surface area contributed by atoms with E-state index in [1.807, 2.05) is 0 Å². The normalized spacial score (nSPS) is 32.0. The molecule has 6 nitrogen and oxygen atoms in total. The molecule has 1 fully saturated rings. The molecule has 0 aromatic rings. The van der Waals surface area contributed by atoms with Crippen LogP contribution in [0.1, 0.15) is 6.42 Å². The van der Waals surface area contributed by atoms with E-state index >= 15 is 0 Å². The Balaban J connectivity index is 1.85. The maximum absolute atomic E-state index is 12.0. The van der Waals surface area contributed by atoms with Crippen molar-refractivity contribution >= 4 is 5.97 Å². The van der Waals surface area contributed by atoms with E-state index in [9.17, 15) is 4.79 Å². The van der Waals surface area contributed by atoms with Crippen LogP contribution < -0.4 is 0 Å². The van der Waals surface area contributed by atoms with Gasteiger partial charge in [0.2, 0.25) is 0 Å². The van der Waals surface area contributed by atoms with Gasteiger partial charge in [-0.25, -0.2) is 0 Å². The van der Waals surface area contributed by atoms with Crippen LogP contribution in [0.4, 0.5) is 0 Å². The first-order valence-corrected chi connectivity index (χ1v) is 7.00. The Labute approximate surface area is 119 Å². The molecule has 0 aromatic heterocycles. The lowest BCUT2D eigenvalue weighted by Crippen LogP contribution is -2.53. The Morgan fingerprint density at radius 2 is 1.50 bits per heavy atom. The summed E-state index contributed by atoms with van der Waals surface area (Å²) in [6.45, 7) is 1.41. The summed E-state index contributed by atoms with van der Waals surface area (Å²) < 4.78 is 4.97. The van der Waals surface area contributed by atoms with E-state index in [0.29, 0.717) is 25.4 Å². The average molecular weight is 278 g/mol. The molecule has 110 valence electrons. The van der Waals surface area contributed by atoms with Gasteiger partial charge in [0.25, 0.3) is 0 Å². The predicted octanol–water partition coefficient (Wildman–Crippen LogP) is 0.269. The van der Waals surface area contributed by atoms with Crippen LogP contribution in [0.5, 0.6) is 0 Å². The van der Waals surface area contributed by atoms with Gasteiger partial charge in [-0.15, -0.1) is 0 Å². The van der Waals surface area contributed by atoms with Crippen LogP contribution in [0.15, 0.2) is 24.8 Å². The third kappa shape index (κ3) is 2.09. The Hall–Kier alpha value is -1.85. The van der Waals surface area contributed by atoms with E-state index in [-0.39, 0.29) is 11.9 Å². The smallest absolute Gasteiger partial charge is 0.312 e. The van der Waals surface area contributed by atoms with Gasteiger partial charge < -0.3 is 24.3 Å². The van der Waals surface area contributed by atoms with Crippen molar-refractivity contribution in [2.75, 3.05) is 34.3 Å². The number of ether oxygens (including phenoxy) is 1. The van der Waals surface area contributed by atoms with Gasteiger partial charge in [-0.3, -0.25) is 4.79 Å². The number of carbonyl (C=O) groups is 1. The molecule has 3 atom stereocenters. The standard InChI is InChI=1S/C14H22N4O2/c1-15-4-6-17-9-11(14(19)20-3)10-18-7-5-16(2)13(18)8-12(15)17/h4-7,11-13H,8-10H2,1-3H3/t11?,12-,13+. The highest BCUT2D eigenvalue weighted by Gasteiger charge is 2.39. The van der Waals surface area contributed by atoms with Crippen molar-refractivity contribution in [3.05, 3.63) is 24.8 Å². The number of esters is 1. The largest absolute Gasteiger partial charge is 0.469 e. The molecule has 0 amide bonds. The molecular formula is C14H22N4O2. The zero-order valence-corrected chi connectivity index (χ0v) is 12.3. The SMILES string of the molecule is COC(=O)C1CN2C=CN(C)[C@H]2C[C@H]2N(C)C=CN2C1. The molecule has 0 saturated carbocycles. The van der Waals surface area contributed by atoms with Crippen molar-refractivity contribution < 1.29 is 9.53 Å². The highest BCUT2D eigenvalue weighted by molar-refractivity contribution is 5.73. The van der Waals surface area contributed by atoms with Crippen molar-refractivity contribution in [3.8, 4) is 0 Å².